The van der Waals surface area contributed by atoms with Gasteiger partial charge in [-0.05, 0) is 0 Å². The summed E-state index contributed by atoms with van der Waals surface area (Å²) in [5.41, 5.74) is 0.163. The molecule has 0 heterocycles. The summed E-state index contributed by atoms with van der Waals surface area (Å²) in [5, 5.41) is 20.2. The van der Waals surface area contributed by atoms with Crippen LogP contribution >= 0.6 is 0 Å². The van der Waals surface area contributed by atoms with Crippen LogP contribution in [-0.2, 0) is 0 Å². The van der Waals surface area contributed by atoms with Gasteiger partial charge in [0.1, 0.15) is 0 Å². The molecule has 0 radical (unpaired) electrons. The number of rotatable bonds is 4. The van der Waals surface area contributed by atoms with Gasteiger partial charge in [0.25, 0.3) is 0 Å². The fraction of sp³-hybridized carbons (Fsp3) is 0.462. The van der Waals surface area contributed by atoms with Crippen molar-refractivity contribution in [2.75, 3.05) is 0 Å². The number of hydrogen-bond donors (Lipinski definition) is 0. The molecule has 0 N–H and O–H groups in total. The number of nitro groups is 1. The van der Waals surface area contributed by atoms with Gasteiger partial charge in [0.05, 0.1) is 0 Å². The van der Waals surface area contributed by atoms with Crippen molar-refractivity contribution < 1.29 is 4.92 Å². The van der Waals surface area contributed by atoms with E-state index in [4.69, 9.17) is 0 Å². The van der Waals surface area contributed by atoms with E-state index in [1.54, 1.807) is 12.1 Å². The third-order valence-corrected chi connectivity index (χ3v) is 6.09. The molecule has 94 valence electrons. The predicted octanol–water partition coefficient (Wildman–Crippen LogP) is 2.43. The zero-order chi connectivity index (χ0) is 13.0. The Hall–Kier alpha value is -1.37. The Morgan fingerprint density at radius 3 is 2.67 bits per heavy atom. The second-order valence-electron chi connectivity index (χ2n) is 4.44. The summed E-state index contributed by atoms with van der Waals surface area (Å²) >= 11 is -0.132. The van der Waals surface area contributed by atoms with Crippen LogP contribution in [0.3, 0.4) is 0 Å². The monoisotopic (exact) mass is 310 g/mol. The molecule has 0 amide bonds. The van der Waals surface area contributed by atoms with Crippen LogP contribution in [0.5, 0.6) is 0 Å². The first-order valence-electron chi connectivity index (χ1n) is 6.02. The maximum absolute atomic E-state index is 10.9. The van der Waals surface area contributed by atoms with Gasteiger partial charge in [0, 0.05) is 0 Å². The first-order chi connectivity index (χ1) is 8.72. The molecule has 1 aliphatic carbocycles. The van der Waals surface area contributed by atoms with E-state index in [1.807, 2.05) is 6.07 Å². The quantitative estimate of drug-likeness (QED) is 0.487. The van der Waals surface area contributed by atoms with Crippen LogP contribution in [0, 0.1) is 27.4 Å². The second-order valence-corrected chi connectivity index (χ2v) is 6.92. The molecule has 1 aromatic carbocycles. The SMILES string of the molecule is N#CC([Se]c1ccccc1[N+](=O)[O-])C1CCCC1. The molecule has 1 saturated carbocycles. The molecule has 2 rings (SSSR count). The van der Waals surface area contributed by atoms with Crippen molar-refractivity contribution in [3.05, 3.63) is 34.4 Å². The fourth-order valence-electron chi connectivity index (χ4n) is 2.33. The van der Waals surface area contributed by atoms with Crippen LogP contribution in [0.15, 0.2) is 24.3 Å². The maximum atomic E-state index is 10.9. The van der Waals surface area contributed by atoms with Crippen molar-refractivity contribution in [2.45, 2.75) is 30.5 Å². The molecule has 1 aromatic rings. The molecular formula is C13H14N2O2Se. The fourth-order valence-corrected chi connectivity index (χ4v) is 4.87. The summed E-state index contributed by atoms with van der Waals surface area (Å²) in [6.07, 6.45) is 4.58. The Kier molecular flexibility index (Phi) is 4.35. The molecule has 1 aliphatic rings. The number of para-hydroxylation sites is 1. The van der Waals surface area contributed by atoms with Crippen LogP contribution in [-0.4, -0.2) is 19.9 Å². The zero-order valence-corrected chi connectivity index (χ0v) is 11.6. The average Bonchev–Trinajstić information content (AvgIpc) is 2.90. The van der Waals surface area contributed by atoms with Gasteiger partial charge >= 0.3 is 112 Å². The van der Waals surface area contributed by atoms with Crippen molar-refractivity contribution in [2.24, 2.45) is 5.92 Å². The van der Waals surface area contributed by atoms with Crippen LogP contribution in [0.1, 0.15) is 25.7 Å². The van der Waals surface area contributed by atoms with Crippen molar-refractivity contribution in [1.29, 1.82) is 5.26 Å². The number of benzene rings is 1. The number of hydrogen-bond acceptors (Lipinski definition) is 3. The van der Waals surface area contributed by atoms with Gasteiger partial charge in [-0.1, -0.05) is 0 Å². The topological polar surface area (TPSA) is 66.9 Å². The number of nitriles is 1. The molecule has 4 nitrogen and oxygen atoms in total. The first-order valence-corrected chi connectivity index (χ1v) is 7.86. The Morgan fingerprint density at radius 1 is 1.39 bits per heavy atom. The molecule has 1 fully saturated rings. The van der Waals surface area contributed by atoms with Gasteiger partial charge in [0.2, 0.25) is 0 Å². The van der Waals surface area contributed by atoms with Gasteiger partial charge in [-0.3, -0.25) is 0 Å². The normalized spacial score (nSPS) is 17.3. The van der Waals surface area contributed by atoms with Gasteiger partial charge in [-0.2, -0.15) is 0 Å². The van der Waals surface area contributed by atoms with E-state index in [1.165, 1.54) is 18.9 Å². The van der Waals surface area contributed by atoms with Crippen molar-refractivity contribution in [3.63, 3.8) is 0 Å². The van der Waals surface area contributed by atoms with Gasteiger partial charge in [0.15, 0.2) is 0 Å². The standard InChI is InChI=1S/C13H14N2O2Se/c14-9-13(10-5-1-2-6-10)18-12-8-4-3-7-11(12)15(16)17/h3-4,7-8,10,13H,1-2,5-6H2. The molecule has 0 aliphatic heterocycles. The Balaban J connectivity index is 2.17. The molecule has 5 heteroatoms. The van der Waals surface area contributed by atoms with Gasteiger partial charge < -0.3 is 0 Å². The van der Waals surface area contributed by atoms with E-state index >= 15 is 0 Å². The third kappa shape index (κ3) is 2.90. The minimum atomic E-state index is -0.347. The number of nitro benzene ring substituents is 1. The molecule has 0 saturated heterocycles. The van der Waals surface area contributed by atoms with Crippen molar-refractivity contribution in [3.8, 4) is 6.07 Å². The Morgan fingerprint density at radius 2 is 2.06 bits per heavy atom. The van der Waals surface area contributed by atoms with Crippen LogP contribution < -0.4 is 4.46 Å². The van der Waals surface area contributed by atoms with Crippen LogP contribution in [0.25, 0.3) is 0 Å². The molecule has 0 bridgehead atoms. The predicted molar refractivity (Wildman–Crippen MR) is 69.8 cm³/mol. The van der Waals surface area contributed by atoms with E-state index in [0.29, 0.717) is 5.92 Å². The summed E-state index contributed by atoms with van der Waals surface area (Å²) in [7, 11) is 0. The van der Waals surface area contributed by atoms with Crippen molar-refractivity contribution >= 4 is 25.1 Å². The summed E-state index contributed by atoms with van der Waals surface area (Å²) < 4.78 is 0.744. The Labute approximate surface area is 112 Å². The molecule has 1 unspecified atom stereocenters. The van der Waals surface area contributed by atoms with Gasteiger partial charge in [-0.25, -0.2) is 0 Å². The van der Waals surface area contributed by atoms with E-state index in [0.717, 1.165) is 17.3 Å². The second kappa shape index (κ2) is 5.99. The number of nitrogens with zero attached hydrogens (tertiary/aromatic N) is 2. The van der Waals surface area contributed by atoms with Crippen LogP contribution in [0.4, 0.5) is 5.69 Å². The molecule has 18 heavy (non-hydrogen) atoms. The van der Waals surface area contributed by atoms with Crippen LogP contribution in [0.2, 0.25) is 4.82 Å². The molecule has 0 spiro atoms. The minimum absolute atomic E-state index is 0.0268. The van der Waals surface area contributed by atoms with E-state index in [-0.39, 0.29) is 30.4 Å². The summed E-state index contributed by atoms with van der Waals surface area (Å²) in [4.78, 5) is 10.6. The first kappa shape index (κ1) is 13.1. The summed E-state index contributed by atoms with van der Waals surface area (Å²) in [5.74, 6) is 0.440. The molecular weight excluding hydrogens is 295 g/mol. The summed E-state index contributed by atoms with van der Waals surface area (Å²) in [6, 6.07) is 9.17. The average molecular weight is 309 g/mol. The third-order valence-electron chi connectivity index (χ3n) is 3.27. The van der Waals surface area contributed by atoms with Gasteiger partial charge in [-0.15, -0.1) is 0 Å². The van der Waals surface area contributed by atoms with E-state index in [9.17, 15) is 15.4 Å². The Bertz CT molecular complexity index is 478. The van der Waals surface area contributed by atoms with E-state index in [2.05, 4.69) is 6.07 Å². The molecule has 0 aromatic heterocycles. The van der Waals surface area contributed by atoms with E-state index < -0.39 is 0 Å². The zero-order valence-electron chi connectivity index (χ0n) is 9.91. The van der Waals surface area contributed by atoms with Crippen molar-refractivity contribution in [1.82, 2.24) is 0 Å². The summed E-state index contributed by atoms with van der Waals surface area (Å²) in [6.45, 7) is 0. The molecule has 1 atom stereocenters.